The number of amides is 1. The number of nitrogens with zero attached hydrogens (tertiary/aromatic N) is 2. The fourth-order valence-electron chi connectivity index (χ4n) is 4.81. The molecule has 0 aliphatic carbocycles. The number of benzene rings is 2. The lowest BCUT2D eigenvalue weighted by Gasteiger charge is -2.36. The van der Waals surface area contributed by atoms with Gasteiger partial charge in [-0.3, -0.25) is 4.90 Å². The Kier molecular flexibility index (Phi) is 12.7. The molecule has 1 atom stereocenters. The second-order valence-electron chi connectivity index (χ2n) is 11.1. The lowest BCUT2D eigenvalue weighted by molar-refractivity contribution is 0.104. The predicted molar refractivity (Wildman–Crippen MR) is 164 cm³/mol. The minimum absolute atomic E-state index is 0.00489. The number of hydrogen-bond donors (Lipinski definition) is 1. The second-order valence-corrected chi connectivity index (χ2v) is 18.0. The van der Waals surface area contributed by atoms with Crippen molar-refractivity contribution in [1.82, 2.24) is 9.21 Å². The quantitative estimate of drug-likeness (QED) is 0.245. The fraction of sp³-hybridized carbons (Fsp3) is 0.552. The maximum atomic E-state index is 13.1. The van der Waals surface area contributed by atoms with Crippen LogP contribution in [0.15, 0.2) is 48.5 Å². The van der Waals surface area contributed by atoms with Crippen LogP contribution in [0.3, 0.4) is 0 Å². The summed E-state index contributed by atoms with van der Waals surface area (Å²) in [5, 5.41) is 10.0. The third kappa shape index (κ3) is 9.56. The lowest BCUT2D eigenvalue weighted by atomic mass is 10.1. The van der Waals surface area contributed by atoms with Crippen LogP contribution in [0.4, 0.5) is 4.79 Å². The molecule has 2 aromatic carbocycles. The lowest BCUT2D eigenvalue weighted by Crippen LogP contribution is -2.50. The molecule has 1 unspecified atom stereocenters. The molecule has 0 aliphatic rings. The molecule has 0 aromatic heterocycles. The molecule has 1 N–H and O–H groups in total. The van der Waals surface area contributed by atoms with Crippen LogP contribution in [0.5, 0.6) is 5.75 Å². The van der Waals surface area contributed by atoms with E-state index in [0.717, 1.165) is 35.5 Å². The number of carbonyl (C=O) groups is 1. The topological polar surface area (TPSA) is 96.4 Å². The Balaban J connectivity index is 2.50. The van der Waals surface area contributed by atoms with Crippen LogP contribution in [0.2, 0.25) is 23.2 Å². The Hall–Kier alpha value is -1.95. The van der Waals surface area contributed by atoms with Gasteiger partial charge in [0.05, 0.1) is 29.5 Å². The van der Waals surface area contributed by atoms with Crippen molar-refractivity contribution in [2.24, 2.45) is 0 Å². The molecule has 0 heterocycles. The molecule has 224 valence electrons. The van der Waals surface area contributed by atoms with Gasteiger partial charge in [-0.2, -0.15) is 4.31 Å². The van der Waals surface area contributed by atoms with Gasteiger partial charge in [-0.25, -0.2) is 13.2 Å². The number of aliphatic hydroxyl groups excluding tert-OH is 1. The summed E-state index contributed by atoms with van der Waals surface area (Å²) in [5.41, 5.74) is 0.850. The number of hydrogen-bond acceptors (Lipinski definition) is 7. The van der Waals surface area contributed by atoms with Crippen molar-refractivity contribution in [1.29, 1.82) is 0 Å². The van der Waals surface area contributed by atoms with Gasteiger partial charge in [-0.05, 0) is 62.2 Å². The van der Waals surface area contributed by atoms with E-state index in [4.69, 9.17) is 20.8 Å². The minimum Gasteiger partial charge on any atom is -0.409 e. The number of ether oxygens (including phenoxy) is 1. The molecule has 0 aliphatic heterocycles. The van der Waals surface area contributed by atoms with Gasteiger partial charge in [0.1, 0.15) is 0 Å². The maximum Gasteiger partial charge on any atom is 0.429 e. The van der Waals surface area contributed by atoms with E-state index in [1.807, 2.05) is 36.4 Å². The first kappa shape index (κ1) is 34.2. The highest BCUT2D eigenvalue weighted by Crippen LogP contribution is 2.35. The van der Waals surface area contributed by atoms with Crippen molar-refractivity contribution in [2.45, 2.75) is 77.9 Å². The first-order valence-electron chi connectivity index (χ1n) is 13.8. The smallest absolute Gasteiger partial charge is 0.409 e. The molecule has 1 amide bonds. The van der Waals surface area contributed by atoms with Gasteiger partial charge in [0.25, 0.3) is 0 Å². The zero-order valence-electron chi connectivity index (χ0n) is 24.8. The van der Waals surface area contributed by atoms with Crippen LogP contribution in [-0.2, 0) is 21.0 Å². The number of carbonyl (C=O) groups excluding carboxylic acids is 1. The normalized spacial score (nSPS) is 13.3. The molecular weight excluding hydrogens is 568 g/mol. The van der Waals surface area contributed by atoms with Gasteiger partial charge in [0, 0.05) is 19.6 Å². The summed E-state index contributed by atoms with van der Waals surface area (Å²) in [7, 11) is -5.99. The van der Waals surface area contributed by atoms with Crippen molar-refractivity contribution in [3.05, 3.63) is 64.7 Å². The molecule has 2 aromatic rings. The van der Waals surface area contributed by atoms with E-state index in [9.17, 15) is 18.3 Å². The van der Waals surface area contributed by atoms with Gasteiger partial charge in [0.2, 0.25) is 10.0 Å². The van der Waals surface area contributed by atoms with Crippen LogP contribution in [0.25, 0.3) is 0 Å². The third-order valence-corrected chi connectivity index (χ3v) is 13.4. The molecule has 0 bridgehead atoms. The standard InChI is InChI=1S/C29H45ClN2O6SSi/c1-8-40(9-2,10-3)38-27(22-31(18-19-33)21-23-14-12-11-13-15-23)24-16-17-25(30)26(20-24)37-28(34)32(29(4,5)6)39(7,35)36/h11-17,20,27,33H,8-10,18-19,21-22H2,1-7H3. The zero-order valence-corrected chi connectivity index (χ0v) is 27.4. The second kappa shape index (κ2) is 14.8. The van der Waals surface area contributed by atoms with Crippen molar-refractivity contribution in [3.8, 4) is 5.75 Å². The van der Waals surface area contributed by atoms with Gasteiger partial charge in [-0.1, -0.05) is 68.8 Å². The van der Waals surface area contributed by atoms with Crippen LogP contribution in [0, 0.1) is 0 Å². The number of sulfonamides is 1. The van der Waals surface area contributed by atoms with Gasteiger partial charge in [0.15, 0.2) is 14.1 Å². The van der Waals surface area contributed by atoms with E-state index in [0.29, 0.717) is 23.9 Å². The summed E-state index contributed by atoms with van der Waals surface area (Å²) in [6, 6.07) is 18.0. The number of aliphatic hydroxyl groups is 1. The zero-order chi connectivity index (χ0) is 30.1. The van der Waals surface area contributed by atoms with Crippen molar-refractivity contribution in [2.75, 3.05) is 26.0 Å². The van der Waals surface area contributed by atoms with Crippen molar-refractivity contribution >= 4 is 36.0 Å². The third-order valence-electron chi connectivity index (χ3n) is 7.05. The van der Waals surface area contributed by atoms with E-state index >= 15 is 0 Å². The Labute approximate surface area is 246 Å². The monoisotopic (exact) mass is 612 g/mol. The van der Waals surface area contributed by atoms with E-state index < -0.39 is 30.0 Å². The average Bonchev–Trinajstić information content (AvgIpc) is 2.87. The molecule has 2 rings (SSSR count). The first-order chi connectivity index (χ1) is 18.7. The summed E-state index contributed by atoms with van der Waals surface area (Å²) >= 11 is 6.44. The molecular formula is C29H45ClN2O6SSi. The van der Waals surface area contributed by atoms with Gasteiger partial charge >= 0.3 is 6.09 Å². The molecule has 0 saturated heterocycles. The molecule has 0 spiro atoms. The summed E-state index contributed by atoms with van der Waals surface area (Å²) in [6.45, 7) is 12.9. The molecule has 0 radical (unpaired) electrons. The summed E-state index contributed by atoms with van der Waals surface area (Å²) in [4.78, 5) is 15.2. The Morgan fingerprint density at radius 3 is 2.15 bits per heavy atom. The number of halogens is 1. The highest BCUT2D eigenvalue weighted by molar-refractivity contribution is 7.88. The van der Waals surface area contributed by atoms with Gasteiger partial charge in [-0.15, -0.1) is 0 Å². The van der Waals surface area contributed by atoms with Crippen LogP contribution >= 0.6 is 11.6 Å². The fourth-order valence-corrected chi connectivity index (χ4v) is 9.08. The van der Waals surface area contributed by atoms with Crippen LogP contribution in [-0.4, -0.2) is 68.6 Å². The highest BCUT2D eigenvalue weighted by atomic mass is 35.5. The molecule has 0 saturated carbocycles. The molecule has 8 nitrogen and oxygen atoms in total. The highest BCUT2D eigenvalue weighted by Gasteiger charge is 2.37. The number of rotatable bonds is 14. The molecule has 0 fully saturated rings. The Morgan fingerprint density at radius 2 is 1.65 bits per heavy atom. The Bertz CT molecular complexity index is 1190. The summed E-state index contributed by atoms with van der Waals surface area (Å²) in [5.74, 6) is 0.0594. The average molecular weight is 613 g/mol. The summed E-state index contributed by atoms with van der Waals surface area (Å²) < 4.78 is 38.1. The minimum atomic E-state index is -3.90. The van der Waals surface area contributed by atoms with Crippen molar-refractivity contribution in [3.63, 3.8) is 0 Å². The van der Waals surface area contributed by atoms with E-state index in [1.54, 1.807) is 32.9 Å². The van der Waals surface area contributed by atoms with Crippen LogP contribution in [0.1, 0.15) is 58.8 Å². The van der Waals surface area contributed by atoms with Gasteiger partial charge < -0.3 is 14.3 Å². The van der Waals surface area contributed by atoms with Crippen LogP contribution < -0.4 is 4.74 Å². The van der Waals surface area contributed by atoms with E-state index in [2.05, 4.69) is 25.7 Å². The molecule has 11 heteroatoms. The van der Waals surface area contributed by atoms with Crippen molar-refractivity contribution < 1.29 is 27.5 Å². The largest absolute Gasteiger partial charge is 0.429 e. The Morgan fingerprint density at radius 1 is 1.05 bits per heavy atom. The van der Waals surface area contributed by atoms with E-state index in [-0.39, 0.29) is 23.5 Å². The molecule has 40 heavy (non-hydrogen) atoms. The SMILES string of the molecule is CC[Si](CC)(CC)OC(CN(CCO)Cc1ccccc1)c1ccc(Cl)c(OC(=O)N(C(C)(C)C)S(C)(=O)=O)c1. The maximum absolute atomic E-state index is 13.1. The van der Waals surface area contributed by atoms with E-state index in [1.165, 1.54) is 0 Å². The summed E-state index contributed by atoms with van der Waals surface area (Å²) in [6.07, 6.45) is -0.448. The predicted octanol–water partition coefficient (Wildman–Crippen LogP) is 6.46. The first-order valence-corrected chi connectivity index (χ1v) is 18.5.